The minimum Gasteiger partial charge on any atom is -0.393 e. The van der Waals surface area contributed by atoms with Crippen LogP contribution in [0.25, 0.3) is 5.65 Å². The van der Waals surface area contributed by atoms with E-state index in [1.807, 2.05) is 35.7 Å². The highest BCUT2D eigenvalue weighted by Gasteiger charge is 2.47. The van der Waals surface area contributed by atoms with Crippen molar-refractivity contribution in [2.24, 2.45) is 5.41 Å². The Morgan fingerprint density at radius 3 is 2.94 bits per heavy atom. The zero-order valence-electron chi connectivity index (χ0n) is 9.43. The van der Waals surface area contributed by atoms with Crippen molar-refractivity contribution in [1.82, 2.24) is 9.38 Å². The molecule has 0 spiro atoms. The number of aliphatic hydroxyl groups is 1. The Labute approximate surface area is 94.7 Å². The summed E-state index contributed by atoms with van der Waals surface area (Å²) in [5.41, 5.74) is 2.18. The van der Waals surface area contributed by atoms with Gasteiger partial charge in [-0.15, -0.1) is 0 Å². The van der Waals surface area contributed by atoms with Crippen LogP contribution >= 0.6 is 0 Å². The zero-order chi connectivity index (χ0) is 11.2. The predicted molar refractivity (Wildman–Crippen MR) is 62.2 cm³/mol. The summed E-state index contributed by atoms with van der Waals surface area (Å²) in [5.74, 6) is 0. The maximum Gasteiger partial charge on any atom is 0.136 e. The summed E-state index contributed by atoms with van der Waals surface area (Å²) in [6.07, 6.45) is 6.99. The van der Waals surface area contributed by atoms with E-state index < -0.39 is 0 Å². The summed E-state index contributed by atoms with van der Waals surface area (Å²) in [6, 6.07) is 6.00. The maximum absolute atomic E-state index is 9.74. The standard InChI is InChI=1S/C13H16N2O/c1-10(16)13(5-6-13)8-11-9-15-7-3-2-4-12(15)14-11/h2-4,7,9-10,16H,5-6,8H2,1H3. The molecule has 0 amide bonds. The van der Waals surface area contributed by atoms with E-state index >= 15 is 0 Å². The molecule has 16 heavy (non-hydrogen) atoms. The third-order valence-corrected chi connectivity index (χ3v) is 3.73. The van der Waals surface area contributed by atoms with E-state index in [4.69, 9.17) is 0 Å². The predicted octanol–water partition coefficient (Wildman–Crippen LogP) is 2.04. The number of hydrogen-bond acceptors (Lipinski definition) is 2. The highest BCUT2D eigenvalue weighted by molar-refractivity contribution is 5.39. The van der Waals surface area contributed by atoms with Crippen molar-refractivity contribution in [3.63, 3.8) is 0 Å². The Morgan fingerprint density at radius 2 is 2.31 bits per heavy atom. The van der Waals surface area contributed by atoms with E-state index in [1.54, 1.807) is 0 Å². The number of rotatable bonds is 3. The van der Waals surface area contributed by atoms with E-state index in [2.05, 4.69) is 11.2 Å². The van der Waals surface area contributed by atoms with E-state index in [0.29, 0.717) is 0 Å². The van der Waals surface area contributed by atoms with E-state index in [1.165, 1.54) is 0 Å². The lowest BCUT2D eigenvalue weighted by Crippen LogP contribution is -2.20. The Bertz CT molecular complexity index is 478. The van der Waals surface area contributed by atoms with Crippen LogP contribution in [0.15, 0.2) is 30.6 Å². The lowest BCUT2D eigenvalue weighted by Gasteiger charge is -2.16. The van der Waals surface area contributed by atoms with Crippen molar-refractivity contribution in [2.75, 3.05) is 0 Å². The number of pyridine rings is 1. The van der Waals surface area contributed by atoms with Crippen LogP contribution in [-0.2, 0) is 6.42 Å². The normalized spacial score (nSPS) is 19.9. The van der Waals surface area contributed by atoms with Gasteiger partial charge in [-0.05, 0) is 38.3 Å². The van der Waals surface area contributed by atoms with Gasteiger partial charge in [-0.1, -0.05) is 6.07 Å². The summed E-state index contributed by atoms with van der Waals surface area (Å²) in [5, 5.41) is 9.74. The fraction of sp³-hybridized carbons (Fsp3) is 0.462. The molecule has 1 fully saturated rings. The first kappa shape index (κ1) is 9.85. The van der Waals surface area contributed by atoms with Crippen molar-refractivity contribution < 1.29 is 5.11 Å². The molecule has 2 heterocycles. The van der Waals surface area contributed by atoms with Gasteiger partial charge >= 0.3 is 0 Å². The van der Waals surface area contributed by atoms with Gasteiger partial charge in [0.2, 0.25) is 0 Å². The maximum atomic E-state index is 9.74. The van der Waals surface area contributed by atoms with Crippen LogP contribution in [0.3, 0.4) is 0 Å². The van der Waals surface area contributed by atoms with Gasteiger partial charge in [-0.2, -0.15) is 0 Å². The highest BCUT2D eigenvalue weighted by atomic mass is 16.3. The van der Waals surface area contributed by atoms with Crippen LogP contribution < -0.4 is 0 Å². The molecule has 3 heteroatoms. The monoisotopic (exact) mass is 216 g/mol. The van der Waals surface area contributed by atoms with Crippen molar-refractivity contribution in [1.29, 1.82) is 0 Å². The second-order valence-corrected chi connectivity index (χ2v) is 4.91. The summed E-state index contributed by atoms with van der Waals surface area (Å²) in [6.45, 7) is 1.89. The van der Waals surface area contributed by atoms with Crippen LogP contribution in [0.2, 0.25) is 0 Å². The molecule has 2 aromatic rings. The van der Waals surface area contributed by atoms with Gasteiger partial charge in [0, 0.05) is 17.8 Å². The summed E-state index contributed by atoms with van der Waals surface area (Å²) >= 11 is 0. The van der Waals surface area contributed by atoms with Crippen molar-refractivity contribution >= 4 is 5.65 Å². The zero-order valence-corrected chi connectivity index (χ0v) is 9.43. The number of aliphatic hydroxyl groups excluding tert-OH is 1. The number of fused-ring (bicyclic) bond motifs is 1. The molecule has 0 saturated heterocycles. The lowest BCUT2D eigenvalue weighted by atomic mass is 9.95. The largest absolute Gasteiger partial charge is 0.393 e. The molecule has 84 valence electrons. The molecule has 1 unspecified atom stereocenters. The van der Waals surface area contributed by atoms with Crippen LogP contribution in [0.1, 0.15) is 25.5 Å². The average molecular weight is 216 g/mol. The van der Waals surface area contributed by atoms with E-state index in [9.17, 15) is 5.11 Å². The first-order valence-corrected chi connectivity index (χ1v) is 5.80. The third-order valence-electron chi connectivity index (χ3n) is 3.73. The molecule has 1 N–H and O–H groups in total. The molecule has 3 nitrogen and oxygen atoms in total. The minimum absolute atomic E-state index is 0.109. The summed E-state index contributed by atoms with van der Waals surface area (Å²) in [4.78, 5) is 4.57. The molecule has 2 aromatic heterocycles. The van der Waals surface area contributed by atoms with E-state index in [0.717, 1.165) is 30.6 Å². The molecular weight excluding hydrogens is 200 g/mol. The second-order valence-electron chi connectivity index (χ2n) is 4.91. The molecule has 0 aliphatic heterocycles. The van der Waals surface area contributed by atoms with Gasteiger partial charge in [0.25, 0.3) is 0 Å². The first-order chi connectivity index (χ1) is 7.70. The van der Waals surface area contributed by atoms with Crippen molar-refractivity contribution in [2.45, 2.75) is 32.3 Å². The van der Waals surface area contributed by atoms with Gasteiger partial charge < -0.3 is 9.51 Å². The van der Waals surface area contributed by atoms with Crippen molar-refractivity contribution in [3.8, 4) is 0 Å². The van der Waals surface area contributed by atoms with Gasteiger partial charge in [-0.3, -0.25) is 0 Å². The molecule has 1 saturated carbocycles. The molecule has 0 radical (unpaired) electrons. The van der Waals surface area contributed by atoms with Crippen molar-refractivity contribution in [3.05, 3.63) is 36.3 Å². The van der Waals surface area contributed by atoms with Crippen LogP contribution in [-0.4, -0.2) is 20.6 Å². The molecule has 1 atom stereocenters. The molecular formula is C13H16N2O. The quantitative estimate of drug-likeness (QED) is 0.852. The SMILES string of the molecule is CC(O)C1(Cc2cn3ccccc3n2)CC1. The van der Waals surface area contributed by atoms with Crippen LogP contribution in [0, 0.1) is 5.41 Å². The van der Waals surface area contributed by atoms with Gasteiger partial charge in [0.05, 0.1) is 11.8 Å². The minimum atomic E-state index is -0.225. The number of aromatic nitrogens is 2. The number of nitrogens with zero attached hydrogens (tertiary/aromatic N) is 2. The van der Waals surface area contributed by atoms with Gasteiger partial charge in [0.15, 0.2) is 0 Å². The first-order valence-electron chi connectivity index (χ1n) is 5.80. The van der Waals surface area contributed by atoms with Crippen LogP contribution in [0.4, 0.5) is 0 Å². The van der Waals surface area contributed by atoms with Gasteiger partial charge in [0.1, 0.15) is 5.65 Å². The topological polar surface area (TPSA) is 37.5 Å². The Hall–Kier alpha value is -1.35. The number of imidazole rings is 1. The Morgan fingerprint density at radius 1 is 1.50 bits per heavy atom. The number of hydrogen-bond donors (Lipinski definition) is 1. The lowest BCUT2D eigenvalue weighted by molar-refractivity contribution is 0.110. The smallest absolute Gasteiger partial charge is 0.136 e. The summed E-state index contributed by atoms with van der Waals surface area (Å²) in [7, 11) is 0. The van der Waals surface area contributed by atoms with E-state index in [-0.39, 0.29) is 11.5 Å². The molecule has 0 bridgehead atoms. The fourth-order valence-electron chi connectivity index (χ4n) is 2.34. The van der Waals surface area contributed by atoms with Gasteiger partial charge in [-0.25, -0.2) is 4.98 Å². The molecule has 1 aliphatic rings. The molecule has 3 rings (SSSR count). The Kier molecular flexibility index (Phi) is 2.04. The third kappa shape index (κ3) is 1.52. The highest BCUT2D eigenvalue weighted by Crippen LogP contribution is 2.51. The molecule has 0 aromatic carbocycles. The Balaban J connectivity index is 1.90. The fourth-order valence-corrected chi connectivity index (χ4v) is 2.34. The summed E-state index contributed by atoms with van der Waals surface area (Å²) < 4.78 is 2.04. The molecule has 1 aliphatic carbocycles. The second kappa shape index (κ2) is 3.32. The van der Waals surface area contributed by atoms with Crippen LogP contribution in [0.5, 0.6) is 0 Å². The average Bonchev–Trinajstić information content (AvgIpc) is 2.92.